The van der Waals surface area contributed by atoms with Crippen LogP contribution in [0, 0.1) is 0 Å². The Labute approximate surface area is 178 Å². The Kier molecular flexibility index (Phi) is 7.84. The summed E-state index contributed by atoms with van der Waals surface area (Å²) in [6, 6.07) is 17.3. The molecule has 1 aliphatic rings. The van der Waals surface area contributed by atoms with E-state index in [0.717, 1.165) is 24.3 Å². The fourth-order valence-corrected chi connectivity index (χ4v) is 3.13. The van der Waals surface area contributed by atoms with E-state index in [-0.39, 0.29) is 12.1 Å². The lowest BCUT2D eigenvalue weighted by Crippen LogP contribution is -2.40. The summed E-state index contributed by atoms with van der Waals surface area (Å²) in [7, 11) is 5.69. The molecule has 3 rings (SSSR count). The van der Waals surface area contributed by atoms with E-state index in [1.54, 1.807) is 7.11 Å². The molecule has 1 amide bonds. The summed E-state index contributed by atoms with van der Waals surface area (Å²) in [5, 5.41) is 4.79. The lowest BCUT2D eigenvalue weighted by Gasteiger charge is -2.23. The number of methoxy groups -OCH3 is 1. The number of carbonyl (C=O) groups excluding carboxylic acids is 1. The number of nitrogens with one attached hydrogen (secondary N) is 2. The summed E-state index contributed by atoms with van der Waals surface area (Å²) in [5.74, 6) is 0.551. The van der Waals surface area contributed by atoms with Crippen LogP contribution in [0.4, 0.5) is 5.69 Å². The van der Waals surface area contributed by atoms with Crippen LogP contribution in [-0.2, 0) is 16.1 Å². The van der Waals surface area contributed by atoms with E-state index in [1.807, 2.05) is 79.8 Å². The number of nitrogens with zero attached hydrogens (tertiary/aromatic N) is 2. The first kappa shape index (κ1) is 21.8. The topological polar surface area (TPSA) is 66.1 Å². The molecule has 0 fully saturated rings. The molecule has 0 saturated carbocycles. The van der Waals surface area contributed by atoms with E-state index in [2.05, 4.69) is 15.6 Å². The van der Waals surface area contributed by atoms with Crippen molar-refractivity contribution >= 4 is 11.6 Å². The number of anilines is 1. The molecule has 0 aromatic heterocycles. The van der Waals surface area contributed by atoms with Gasteiger partial charge in [0.25, 0.3) is 5.91 Å². The summed E-state index contributed by atoms with van der Waals surface area (Å²) < 4.78 is 11.1. The largest absolute Gasteiger partial charge is 0.497 e. The van der Waals surface area contributed by atoms with E-state index in [9.17, 15) is 4.79 Å². The van der Waals surface area contributed by atoms with Gasteiger partial charge in [-0.15, -0.1) is 0 Å². The van der Waals surface area contributed by atoms with E-state index in [0.29, 0.717) is 24.5 Å². The maximum atomic E-state index is 13.0. The second-order valence-corrected chi connectivity index (χ2v) is 7.38. The Morgan fingerprint density at radius 1 is 1.13 bits per heavy atom. The molecule has 1 atom stereocenters. The first-order chi connectivity index (χ1) is 14.5. The van der Waals surface area contributed by atoms with Gasteiger partial charge in [0.15, 0.2) is 0 Å². The number of hydrazine groups is 1. The molecular formula is C23H30N4O3. The van der Waals surface area contributed by atoms with Crippen molar-refractivity contribution in [1.29, 1.82) is 0 Å². The molecule has 7 heteroatoms. The molecule has 160 valence electrons. The smallest absolute Gasteiger partial charge is 0.273 e. The SMILES string of the molecule is COc1ccc(NC(=O)C2=CC(OCCCN(C)C)NN2Cc2ccccc2)cc1. The third-order valence-corrected chi connectivity index (χ3v) is 4.69. The van der Waals surface area contributed by atoms with Crippen LogP contribution in [0.25, 0.3) is 0 Å². The monoisotopic (exact) mass is 410 g/mol. The third-order valence-electron chi connectivity index (χ3n) is 4.69. The summed E-state index contributed by atoms with van der Waals surface area (Å²) in [5.41, 5.74) is 5.63. The Balaban J connectivity index is 1.67. The highest BCUT2D eigenvalue weighted by atomic mass is 16.5. The molecule has 7 nitrogen and oxygen atoms in total. The second kappa shape index (κ2) is 10.8. The predicted octanol–water partition coefficient (Wildman–Crippen LogP) is 2.83. The molecular weight excluding hydrogens is 380 g/mol. The normalized spacial score (nSPS) is 15.9. The standard InChI is InChI=1S/C23H30N4O3/c1-26(2)14-7-15-30-22-16-21(27(25-22)17-18-8-5-4-6-9-18)23(28)24-19-10-12-20(29-3)13-11-19/h4-6,8-13,16,22,25H,7,14-15,17H2,1-3H3,(H,24,28). The number of carbonyl (C=O) groups is 1. The minimum absolute atomic E-state index is 0.192. The fraction of sp³-hybridized carbons (Fsp3) is 0.348. The zero-order valence-corrected chi connectivity index (χ0v) is 17.8. The van der Waals surface area contributed by atoms with Gasteiger partial charge < -0.3 is 19.7 Å². The lowest BCUT2D eigenvalue weighted by molar-refractivity contribution is -0.114. The third kappa shape index (κ3) is 6.32. The van der Waals surface area contributed by atoms with E-state index in [1.165, 1.54) is 0 Å². The van der Waals surface area contributed by atoms with Crippen molar-refractivity contribution in [1.82, 2.24) is 15.3 Å². The van der Waals surface area contributed by atoms with Crippen molar-refractivity contribution in [2.24, 2.45) is 0 Å². The minimum atomic E-state index is -0.340. The summed E-state index contributed by atoms with van der Waals surface area (Å²) in [6.45, 7) is 2.12. The van der Waals surface area contributed by atoms with Gasteiger partial charge in [-0.05, 0) is 63.0 Å². The highest BCUT2D eigenvalue weighted by molar-refractivity contribution is 6.03. The average molecular weight is 411 g/mol. The first-order valence-corrected chi connectivity index (χ1v) is 10.1. The molecule has 2 aromatic carbocycles. The van der Waals surface area contributed by atoms with Gasteiger partial charge in [0.05, 0.1) is 20.3 Å². The Hall–Kier alpha value is -2.87. The minimum Gasteiger partial charge on any atom is -0.497 e. The average Bonchev–Trinajstić information content (AvgIpc) is 3.15. The number of hydrogen-bond acceptors (Lipinski definition) is 6. The number of rotatable bonds is 10. The maximum absolute atomic E-state index is 13.0. The number of hydrogen-bond donors (Lipinski definition) is 2. The van der Waals surface area contributed by atoms with Crippen LogP contribution >= 0.6 is 0 Å². The highest BCUT2D eigenvalue weighted by Gasteiger charge is 2.28. The maximum Gasteiger partial charge on any atom is 0.273 e. The van der Waals surface area contributed by atoms with Gasteiger partial charge in [-0.2, -0.15) is 0 Å². The van der Waals surface area contributed by atoms with Gasteiger partial charge in [-0.3, -0.25) is 9.80 Å². The summed E-state index contributed by atoms with van der Waals surface area (Å²) in [4.78, 5) is 15.1. The number of ether oxygens (including phenoxy) is 2. The molecule has 0 bridgehead atoms. The van der Waals surface area contributed by atoms with Crippen LogP contribution in [0.15, 0.2) is 66.4 Å². The zero-order chi connectivity index (χ0) is 21.3. The van der Waals surface area contributed by atoms with Crippen LogP contribution in [0.3, 0.4) is 0 Å². The van der Waals surface area contributed by atoms with Crippen LogP contribution in [0.5, 0.6) is 5.75 Å². The van der Waals surface area contributed by atoms with Gasteiger partial charge >= 0.3 is 0 Å². The molecule has 2 aromatic rings. The Bertz CT molecular complexity index is 837. The zero-order valence-electron chi connectivity index (χ0n) is 17.8. The van der Waals surface area contributed by atoms with Crippen molar-refractivity contribution in [2.75, 3.05) is 39.7 Å². The van der Waals surface area contributed by atoms with Crippen molar-refractivity contribution in [3.63, 3.8) is 0 Å². The summed E-state index contributed by atoms with van der Waals surface area (Å²) in [6.07, 6.45) is 2.41. The fourth-order valence-electron chi connectivity index (χ4n) is 3.13. The quantitative estimate of drug-likeness (QED) is 0.587. The van der Waals surface area contributed by atoms with Gasteiger partial charge in [-0.1, -0.05) is 30.3 Å². The van der Waals surface area contributed by atoms with Crippen molar-refractivity contribution < 1.29 is 14.3 Å². The van der Waals surface area contributed by atoms with E-state index >= 15 is 0 Å². The van der Waals surface area contributed by atoms with Crippen LogP contribution in [-0.4, -0.2) is 56.4 Å². The van der Waals surface area contributed by atoms with Crippen molar-refractivity contribution in [2.45, 2.75) is 19.2 Å². The highest BCUT2D eigenvalue weighted by Crippen LogP contribution is 2.20. The lowest BCUT2D eigenvalue weighted by atomic mass is 10.2. The second-order valence-electron chi connectivity index (χ2n) is 7.38. The molecule has 1 aliphatic heterocycles. The Morgan fingerprint density at radius 2 is 1.87 bits per heavy atom. The number of amides is 1. The predicted molar refractivity (Wildman–Crippen MR) is 118 cm³/mol. The van der Waals surface area contributed by atoms with Crippen LogP contribution in [0.1, 0.15) is 12.0 Å². The van der Waals surface area contributed by atoms with Gasteiger partial charge in [0.1, 0.15) is 17.7 Å². The van der Waals surface area contributed by atoms with Gasteiger partial charge in [0, 0.05) is 5.69 Å². The molecule has 0 spiro atoms. The molecule has 0 radical (unpaired) electrons. The van der Waals surface area contributed by atoms with Gasteiger partial charge in [-0.25, -0.2) is 5.43 Å². The molecule has 1 unspecified atom stereocenters. The number of benzene rings is 2. The molecule has 1 heterocycles. The Morgan fingerprint density at radius 3 is 2.53 bits per heavy atom. The van der Waals surface area contributed by atoms with Crippen LogP contribution in [0.2, 0.25) is 0 Å². The van der Waals surface area contributed by atoms with Crippen molar-refractivity contribution in [3.05, 3.63) is 71.9 Å². The van der Waals surface area contributed by atoms with E-state index in [4.69, 9.17) is 9.47 Å². The molecule has 2 N–H and O–H groups in total. The van der Waals surface area contributed by atoms with E-state index < -0.39 is 0 Å². The van der Waals surface area contributed by atoms with Crippen molar-refractivity contribution in [3.8, 4) is 5.75 Å². The van der Waals surface area contributed by atoms with Crippen LogP contribution < -0.4 is 15.5 Å². The first-order valence-electron chi connectivity index (χ1n) is 10.1. The molecule has 0 saturated heterocycles. The molecule has 30 heavy (non-hydrogen) atoms. The summed E-state index contributed by atoms with van der Waals surface area (Å²) >= 11 is 0. The van der Waals surface area contributed by atoms with Gasteiger partial charge in [0.2, 0.25) is 0 Å². The molecule has 0 aliphatic carbocycles.